The maximum Gasteiger partial charge on any atom is 0.573 e. The molecule has 3 aromatic rings. The highest BCUT2D eigenvalue weighted by Crippen LogP contribution is 2.35. The van der Waals surface area contributed by atoms with Gasteiger partial charge >= 0.3 is 6.36 Å². The van der Waals surface area contributed by atoms with Crippen LogP contribution in [0.25, 0.3) is 17.1 Å². The average Bonchev–Trinajstić information content (AvgIpc) is 3.14. The summed E-state index contributed by atoms with van der Waals surface area (Å²) >= 11 is 0. The van der Waals surface area contributed by atoms with Crippen molar-refractivity contribution in [3.8, 4) is 22.8 Å². The standard InChI is InChI=1S/C19H17F3N4O/c20-19(21,22)27-16-7-5-15(6-8-16)26-12-24-17(25-26)14-3-1-13(2-4-14)11-18(23)9-10-18/h1-8,12H,9-11,23H2. The average molecular weight is 374 g/mol. The number of benzene rings is 2. The molecular formula is C19H17F3N4O. The Morgan fingerprint density at radius 1 is 1.04 bits per heavy atom. The summed E-state index contributed by atoms with van der Waals surface area (Å²) < 4.78 is 42.0. The molecule has 2 N–H and O–H groups in total. The number of rotatable bonds is 5. The van der Waals surface area contributed by atoms with Gasteiger partial charge in [-0.2, -0.15) is 0 Å². The van der Waals surface area contributed by atoms with E-state index in [-0.39, 0.29) is 11.3 Å². The largest absolute Gasteiger partial charge is 0.573 e. The van der Waals surface area contributed by atoms with Gasteiger partial charge in [0.2, 0.25) is 0 Å². The first-order valence-electron chi connectivity index (χ1n) is 8.46. The molecule has 8 heteroatoms. The quantitative estimate of drug-likeness (QED) is 0.736. The van der Waals surface area contributed by atoms with E-state index in [1.165, 1.54) is 40.8 Å². The van der Waals surface area contributed by atoms with Gasteiger partial charge in [0.05, 0.1) is 5.69 Å². The minimum absolute atomic E-state index is 0.0384. The zero-order valence-corrected chi connectivity index (χ0v) is 14.3. The molecule has 1 saturated carbocycles. The molecule has 1 fully saturated rings. The highest BCUT2D eigenvalue weighted by Gasteiger charge is 2.37. The Kier molecular flexibility index (Phi) is 4.15. The Morgan fingerprint density at radius 3 is 2.30 bits per heavy atom. The van der Waals surface area contributed by atoms with Gasteiger partial charge in [-0.1, -0.05) is 24.3 Å². The molecule has 0 radical (unpaired) electrons. The lowest BCUT2D eigenvalue weighted by Crippen LogP contribution is -2.24. The molecule has 0 bridgehead atoms. The van der Waals surface area contributed by atoms with Gasteiger partial charge in [-0.15, -0.1) is 18.3 Å². The minimum Gasteiger partial charge on any atom is -0.406 e. The summed E-state index contributed by atoms with van der Waals surface area (Å²) in [6.45, 7) is 0. The maximum absolute atomic E-state index is 12.2. The van der Waals surface area contributed by atoms with Crippen LogP contribution in [0.2, 0.25) is 0 Å². The van der Waals surface area contributed by atoms with Gasteiger partial charge in [-0.05, 0) is 49.1 Å². The lowest BCUT2D eigenvalue weighted by Gasteiger charge is -2.09. The number of alkyl halides is 3. The van der Waals surface area contributed by atoms with Crippen LogP contribution in [0.15, 0.2) is 54.9 Å². The second-order valence-corrected chi connectivity index (χ2v) is 6.79. The number of nitrogens with zero attached hydrogens (tertiary/aromatic N) is 3. The lowest BCUT2D eigenvalue weighted by molar-refractivity contribution is -0.274. The van der Waals surface area contributed by atoms with E-state index in [9.17, 15) is 13.2 Å². The molecule has 1 heterocycles. The highest BCUT2D eigenvalue weighted by atomic mass is 19.4. The van der Waals surface area contributed by atoms with Crippen molar-refractivity contribution in [3.05, 3.63) is 60.4 Å². The van der Waals surface area contributed by atoms with Crippen molar-refractivity contribution < 1.29 is 17.9 Å². The summed E-state index contributed by atoms with van der Waals surface area (Å²) in [5.74, 6) is 0.251. The molecule has 0 aliphatic heterocycles. The van der Waals surface area contributed by atoms with Crippen LogP contribution in [0.4, 0.5) is 13.2 Å². The van der Waals surface area contributed by atoms with Gasteiger partial charge in [0.15, 0.2) is 5.82 Å². The first-order chi connectivity index (χ1) is 12.8. The van der Waals surface area contributed by atoms with Crippen LogP contribution in [-0.4, -0.2) is 26.7 Å². The molecule has 4 rings (SSSR count). The molecule has 1 aromatic heterocycles. The molecule has 0 spiro atoms. The van der Waals surface area contributed by atoms with Gasteiger partial charge in [-0.25, -0.2) is 9.67 Å². The van der Waals surface area contributed by atoms with Crippen LogP contribution < -0.4 is 10.5 Å². The number of aromatic nitrogens is 3. The van der Waals surface area contributed by atoms with Gasteiger partial charge < -0.3 is 10.5 Å². The molecule has 140 valence electrons. The van der Waals surface area contributed by atoms with E-state index in [2.05, 4.69) is 14.8 Å². The third kappa shape index (κ3) is 4.28. The second kappa shape index (κ2) is 6.38. The van der Waals surface area contributed by atoms with Crippen molar-refractivity contribution in [2.75, 3.05) is 0 Å². The highest BCUT2D eigenvalue weighted by molar-refractivity contribution is 5.55. The zero-order valence-electron chi connectivity index (χ0n) is 14.3. The molecule has 0 saturated heterocycles. The van der Waals surface area contributed by atoms with Crippen molar-refractivity contribution in [3.63, 3.8) is 0 Å². The molecule has 0 atom stereocenters. The zero-order chi connectivity index (χ0) is 19.1. The molecule has 1 aliphatic rings. The van der Waals surface area contributed by atoms with Crippen LogP contribution in [0.3, 0.4) is 0 Å². The second-order valence-electron chi connectivity index (χ2n) is 6.79. The van der Waals surface area contributed by atoms with Gasteiger partial charge in [0, 0.05) is 11.1 Å². The van der Waals surface area contributed by atoms with E-state index in [0.717, 1.165) is 24.8 Å². The van der Waals surface area contributed by atoms with Crippen molar-refractivity contribution in [2.24, 2.45) is 5.73 Å². The number of halogens is 3. The Balaban J connectivity index is 1.48. The summed E-state index contributed by atoms with van der Waals surface area (Å²) in [5.41, 5.74) is 8.72. The number of hydrogen-bond donors (Lipinski definition) is 1. The summed E-state index contributed by atoms with van der Waals surface area (Å²) in [6.07, 6.45) is -0.207. The molecule has 1 aliphatic carbocycles. The van der Waals surface area contributed by atoms with Gasteiger partial charge in [0.25, 0.3) is 0 Å². The summed E-state index contributed by atoms with van der Waals surface area (Å²) in [5, 5.41) is 4.39. The molecule has 5 nitrogen and oxygen atoms in total. The van der Waals surface area contributed by atoms with Crippen molar-refractivity contribution in [2.45, 2.75) is 31.2 Å². The van der Waals surface area contributed by atoms with Crippen LogP contribution in [0.1, 0.15) is 18.4 Å². The van der Waals surface area contributed by atoms with Crippen LogP contribution in [-0.2, 0) is 6.42 Å². The molecule has 0 amide bonds. The third-order valence-corrected chi connectivity index (χ3v) is 4.49. The number of hydrogen-bond acceptors (Lipinski definition) is 4. The smallest absolute Gasteiger partial charge is 0.406 e. The SMILES string of the molecule is NC1(Cc2ccc(-c3ncn(-c4ccc(OC(F)(F)F)cc4)n3)cc2)CC1. The fourth-order valence-electron chi connectivity index (χ4n) is 2.84. The predicted octanol–water partition coefficient (Wildman–Crippen LogP) is 3.87. The maximum atomic E-state index is 12.2. The summed E-state index contributed by atoms with van der Waals surface area (Å²) in [6, 6.07) is 13.4. The first kappa shape index (κ1) is 17.5. The Morgan fingerprint density at radius 2 is 1.70 bits per heavy atom. The van der Waals surface area contributed by atoms with Crippen LogP contribution in [0.5, 0.6) is 5.75 Å². The minimum atomic E-state index is -4.71. The van der Waals surface area contributed by atoms with Gasteiger partial charge in [-0.3, -0.25) is 0 Å². The molecular weight excluding hydrogens is 357 g/mol. The predicted molar refractivity (Wildman–Crippen MR) is 93.3 cm³/mol. The molecule has 0 unspecified atom stereocenters. The van der Waals surface area contributed by atoms with Crippen molar-refractivity contribution in [1.29, 1.82) is 0 Å². The summed E-state index contributed by atoms with van der Waals surface area (Å²) in [7, 11) is 0. The first-order valence-corrected chi connectivity index (χ1v) is 8.46. The summed E-state index contributed by atoms with van der Waals surface area (Å²) in [4.78, 5) is 4.28. The van der Waals surface area contributed by atoms with Crippen molar-refractivity contribution in [1.82, 2.24) is 14.8 Å². The third-order valence-electron chi connectivity index (χ3n) is 4.49. The van der Waals surface area contributed by atoms with Gasteiger partial charge in [0.1, 0.15) is 12.1 Å². The molecule has 27 heavy (non-hydrogen) atoms. The Labute approximate surface area is 153 Å². The van der Waals surface area contributed by atoms with Crippen LogP contribution >= 0.6 is 0 Å². The lowest BCUT2D eigenvalue weighted by atomic mass is 10.0. The van der Waals surface area contributed by atoms with E-state index < -0.39 is 6.36 Å². The van der Waals surface area contributed by atoms with Crippen molar-refractivity contribution >= 4 is 0 Å². The Hall–Kier alpha value is -2.87. The van der Waals surface area contributed by atoms with Crippen LogP contribution in [0, 0.1) is 0 Å². The monoisotopic (exact) mass is 374 g/mol. The van der Waals surface area contributed by atoms with E-state index >= 15 is 0 Å². The molecule has 2 aromatic carbocycles. The number of ether oxygens (including phenoxy) is 1. The van der Waals surface area contributed by atoms with E-state index in [0.29, 0.717) is 11.5 Å². The fraction of sp³-hybridized carbons (Fsp3) is 0.263. The van der Waals surface area contributed by atoms with E-state index in [4.69, 9.17) is 5.73 Å². The normalized spacial score (nSPS) is 15.6. The topological polar surface area (TPSA) is 66.0 Å². The fourth-order valence-corrected chi connectivity index (χ4v) is 2.84. The van der Waals surface area contributed by atoms with E-state index in [1.54, 1.807) is 0 Å². The Bertz CT molecular complexity index is 864. The van der Waals surface area contributed by atoms with E-state index in [1.807, 2.05) is 24.3 Å². The number of nitrogens with two attached hydrogens (primary N) is 1.